The van der Waals surface area contributed by atoms with Gasteiger partial charge in [-0.1, -0.05) is 72.6 Å². The van der Waals surface area contributed by atoms with Crippen LogP contribution in [0.5, 0.6) is 0 Å². The maximum Gasteiger partial charge on any atom is -0.0391 e. The summed E-state index contributed by atoms with van der Waals surface area (Å²) in [6, 6.07) is 0. The molecule has 0 amide bonds. The highest BCUT2D eigenvalue weighted by Crippen LogP contribution is 2.24. The van der Waals surface area contributed by atoms with Crippen molar-refractivity contribution >= 4 is 0 Å². The highest BCUT2D eigenvalue weighted by molar-refractivity contribution is 4.63. The molecule has 0 bridgehead atoms. The van der Waals surface area contributed by atoms with E-state index in [1.54, 1.807) is 0 Å². The molecule has 0 heteroatoms. The molecule has 0 aromatic heterocycles. The molecule has 80 valence electrons. The molecule has 0 N–H and O–H groups in total. The molecule has 1 atom stereocenters. The Morgan fingerprint density at radius 1 is 0.769 bits per heavy atom. The zero-order valence-corrected chi connectivity index (χ0v) is 10.1. The molecule has 0 heterocycles. The molecule has 0 rings (SSSR count). The molecule has 13 heavy (non-hydrogen) atoms. The van der Waals surface area contributed by atoms with E-state index < -0.39 is 0 Å². The lowest BCUT2D eigenvalue weighted by Crippen LogP contribution is -2.08. The lowest BCUT2D eigenvalue weighted by Gasteiger charge is -2.20. The standard InChI is InChI=1S/C13H28/c1-5-7-9-11-13(12(3)4)10-8-6-2/h12-13H,5-11H2,1-4H3. The van der Waals surface area contributed by atoms with Gasteiger partial charge in [0.15, 0.2) is 0 Å². The third-order valence-corrected chi connectivity index (χ3v) is 3.05. The minimum atomic E-state index is 0.892. The number of rotatable bonds is 8. The molecule has 0 aliphatic carbocycles. The Morgan fingerprint density at radius 3 is 1.77 bits per heavy atom. The predicted molar refractivity (Wildman–Crippen MR) is 62.0 cm³/mol. The van der Waals surface area contributed by atoms with Gasteiger partial charge in [0.1, 0.15) is 0 Å². The monoisotopic (exact) mass is 184 g/mol. The van der Waals surface area contributed by atoms with Crippen LogP contribution in [0.4, 0.5) is 0 Å². The van der Waals surface area contributed by atoms with Crippen molar-refractivity contribution in [3.63, 3.8) is 0 Å². The van der Waals surface area contributed by atoms with Crippen LogP contribution in [0.3, 0.4) is 0 Å². The van der Waals surface area contributed by atoms with E-state index in [2.05, 4.69) is 27.7 Å². The molecular weight excluding hydrogens is 156 g/mol. The molecule has 1 unspecified atom stereocenters. The van der Waals surface area contributed by atoms with E-state index in [0.717, 1.165) is 11.8 Å². The fourth-order valence-electron chi connectivity index (χ4n) is 1.93. The molecule has 0 saturated heterocycles. The minimum absolute atomic E-state index is 0.892. The maximum absolute atomic E-state index is 2.38. The average Bonchev–Trinajstić information content (AvgIpc) is 2.10. The molecule has 0 aromatic rings. The van der Waals surface area contributed by atoms with Crippen LogP contribution < -0.4 is 0 Å². The SMILES string of the molecule is CCCCCC(CCCC)C(C)C. The number of hydrogen-bond acceptors (Lipinski definition) is 0. The third kappa shape index (κ3) is 7.10. The first-order valence-corrected chi connectivity index (χ1v) is 6.22. The van der Waals surface area contributed by atoms with Crippen LogP contribution in [0, 0.1) is 11.8 Å². The summed E-state index contributed by atoms with van der Waals surface area (Å²) in [7, 11) is 0. The topological polar surface area (TPSA) is 0 Å². The normalized spacial score (nSPS) is 13.6. The van der Waals surface area contributed by atoms with E-state index in [0.29, 0.717) is 0 Å². The van der Waals surface area contributed by atoms with Gasteiger partial charge in [-0.05, 0) is 11.8 Å². The maximum atomic E-state index is 2.38. The Kier molecular flexibility index (Phi) is 8.59. The lowest BCUT2D eigenvalue weighted by molar-refractivity contribution is 0.317. The van der Waals surface area contributed by atoms with Crippen LogP contribution in [0.25, 0.3) is 0 Å². The van der Waals surface area contributed by atoms with Gasteiger partial charge in [0.25, 0.3) is 0 Å². The summed E-state index contributed by atoms with van der Waals surface area (Å²) >= 11 is 0. The van der Waals surface area contributed by atoms with Crippen molar-refractivity contribution in [3.8, 4) is 0 Å². The van der Waals surface area contributed by atoms with Gasteiger partial charge in [-0.3, -0.25) is 0 Å². The first-order chi connectivity index (χ1) is 6.22. The van der Waals surface area contributed by atoms with Gasteiger partial charge in [0.05, 0.1) is 0 Å². The molecule has 0 aliphatic rings. The van der Waals surface area contributed by atoms with Crippen LogP contribution in [0.15, 0.2) is 0 Å². The van der Waals surface area contributed by atoms with Crippen LogP contribution in [-0.2, 0) is 0 Å². The Hall–Kier alpha value is 0. The largest absolute Gasteiger partial charge is 0.0654 e. The van der Waals surface area contributed by atoms with Gasteiger partial charge < -0.3 is 0 Å². The van der Waals surface area contributed by atoms with E-state index in [1.165, 1.54) is 44.9 Å². The van der Waals surface area contributed by atoms with E-state index >= 15 is 0 Å². The molecule has 0 spiro atoms. The Morgan fingerprint density at radius 2 is 1.31 bits per heavy atom. The van der Waals surface area contributed by atoms with Crippen LogP contribution in [0.2, 0.25) is 0 Å². The average molecular weight is 184 g/mol. The van der Waals surface area contributed by atoms with E-state index in [1.807, 2.05) is 0 Å². The van der Waals surface area contributed by atoms with Gasteiger partial charge in [0, 0.05) is 0 Å². The Labute approximate surface area is 85.1 Å². The summed E-state index contributed by atoms with van der Waals surface area (Å²) in [5, 5.41) is 0. The van der Waals surface area contributed by atoms with Crippen LogP contribution in [0.1, 0.15) is 72.6 Å². The summed E-state index contributed by atoms with van der Waals surface area (Å²) in [5.41, 5.74) is 0. The summed E-state index contributed by atoms with van der Waals surface area (Å²) in [6.07, 6.45) is 9.94. The second-order valence-corrected chi connectivity index (χ2v) is 4.64. The van der Waals surface area contributed by atoms with Crippen molar-refractivity contribution < 1.29 is 0 Å². The molecule has 0 saturated carbocycles. The third-order valence-electron chi connectivity index (χ3n) is 3.05. The zero-order valence-electron chi connectivity index (χ0n) is 10.1. The van der Waals surface area contributed by atoms with E-state index in [9.17, 15) is 0 Å². The van der Waals surface area contributed by atoms with Crippen molar-refractivity contribution in [2.24, 2.45) is 11.8 Å². The Bertz CT molecular complexity index is 94.2. The smallest absolute Gasteiger partial charge is 0.0391 e. The predicted octanol–water partition coefficient (Wildman–Crippen LogP) is 5.03. The van der Waals surface area contributed by atoms with Crippen molar-refractivity contribution in [3.05, 3.63) is 0 Å². The molecular formula is C13H28. The fraction of sp³-hybridized carbons (Fsp3) is 1.00. The molecule has 0 aliphatic heterocycles. The van der Waals surface area contributed by atoms with Gasteiger partial charge in [-0.25, -0.2) is 0 Å². The summed E-state index contributed by atoms with van der Waals surface area (Å²) in [5.74, 6) is 1.88. The summed E-state index contributed by atoms with van der Waals surface area (Å²) < 4.78 is 0. The van der Waals surface area contributed by atoms with Gasteiger partial charge >= 0.3 is 0 Å². The highest BCUT2D eigenvalue weighted by atomic mass is 14.2. The Balaban J connectivity index is 3.54. The van der Waals surface area contributed by atoms with Crippen molar-refractivity contribution in [2.45, 2.75) is 72.6 Å². The van der Waals surface area contributed by atoms with Crippen LogP contribution >= 0.6 is 0 Å². The quantitative estimate of drug-likeness (QED) is 0.464. The minimum Gasteiger partial charge on any atom is -0.0654 e. The van der Waals surface area contributed by atoms with Crippen molar-refractivity contribution in [2.75, 3.05) is 0 Å². The second kappa shape index (κ2) is 8.59. The second-order valence-electron chi connectivity index (χ2n) is 4.64. The van der Waals surface area contributed by atoms with Gasteiger partial charge in [-0.2, -0.15) is 0 Å². The van der Waals surface area contributed by atoms with E-state index in [-0.39, 0.29) is 0 Å². The van der Waals surface area contributed by atoms with Crippen LogP contribution in [-0.4, -0.2) is 0 Å². The van der Waals surface area contributed by atoms with Crippen molar-refractivity contribution in [1.82, 2.24) is 0 Å². The first-order valence-electron chi connectivity index (χ1n) is 6.22. The molecule has 0 nitrogen and oxygen atoms in total. The zero-order chi connectivity index (χ0) is 10.1. The summed E-state index contributed by atoms with van der Waals surface area (Å²) in [6.45, 7) is 9.35. The van der Waals surface area contributed by atoms with Gasteiger partial charge in [-0.15, -0.1) is 0 Å². The molecule has 0 aromatic carbocycles. The van der Waals surface area contributed by atoms with E-state index in [4.69, 9.17) is 0 Å². The molecule has 0 radical (unpaired) electrons. The lowest BCUT2D eigenvalue weighted by atomic mass is 9.86. The molecule has 0 fully saturated rings. The first kappa shape index (κ1) is 13.0. The summed E-state index contributed by atoms with van der Waals surface area (Å²) in [4.78, 5) is 0. The number of hydrogen-bond donors (Lipinski definition) is 0. The highest BCUT2D eigenvalue weighted by Gasteiger charge is 2.11. The van der Waals surface area contributed by atoms with Crippen molar-refractivity contribution in [1.29, 1.82) is 0 Å². The number of unbranched alkanes of at least 4 members (excludes halogenated alkanes) is 3. The van der Waals surface area contributed by atoms with Gasteiger partial charge in [0.2, 0.25) is 0 Å². The fourth-order valence-corrected chi connectivity index (χ4v) is 1.93.